The molecule has 0 saturated carbocycles. The number of benzene rings is 2. The van der Waals surface area contributed by atoms with E-state index in [0.717, 1.165) is 0 Å². The maximum absolute atomic E-state index is 12.3. The van der Waals surface area contributed by atoms with Crippen LogP contribution in [0.1, 0.15) is 5.76 Å². The molecular weight excluding hydrogens is 417 g/mol. The average Bonchev–Trinajstić information content (AvgIpc) is 3.14. The molecule has 1 N–H and O–H groups in total. The second-order valence-corrected chi connectivity index (χ2v) is 6.60. The Balaban J connectivity index is 1.82. The minimum Gasteiger partial charge on any atom is -0.457 e. The van der Waals surface area contributed by atoms with Crippen LogP contribution in [0.5, 0.6) is 0 Å². The van der Waals surface area contributed by atoms with E-state index in [1.165, 1.54) is 30.3 Å². The standard InChI is InChI=1S/C20H11Cl2N3O4/c21-13-4-6-17(18(22)9-13)19-7-5-16(29-19)8-12(11-23)20(26)24-14-2-1-3-15(10-14)25(27)28/h1-10H,(H,24,26). The third kappa shape index (κ3) is 4.82. The summed E-state index contributed by atoms with van der Waals surface area (Å²) >= 11 is 12.0. The van der Waals surface area contributed by atoms with Gasteiger partial charge in [-0.1, -0.05) is 29.3 Å². The molecule has 0 saturated heterocycles. The lowest BCUT2D eigenvalue weighted by atomic mass is 10.2. The molecule has 1 amide bonds. The third-order valence-electron chi connectivity index (χ3n) is 3.79. The molecule has 0 spiro atoms. The molecular formula is C20H11Cl2N3O4. The second-order valence-electron chi connectivity index (χ2n) is 5.76. The van der Waals surface area contributed by atoms with Gasteiger partial charge in [0.15, 0.2) is 0 Å². The number of non-ortho nitro benzene ring substituents is 1. The first-order chi connectivity index (χ1) is 13.9. The summed E-state index contributed by atoms with van der Waals surface area (Å²) in [6, 6.07) is 15.3. The van der Waals surface area contributed by atoms with Crippen molar-refractivity contribution >= 4 is 46.6 Å². The smallest absolute Gasteiger partial charge is 0.271 e. The minimum atomic E-state index is -0.726. The van der Waals surface area contributed by atoms with Crippen LogP contribution >= 0.6 is 23.2 Å². The first-order valence-corrected chi connectivity index (χ1v) is 8.86. The second kappa shape index (κ2) is 8.61. The fourth-order valence-electron chi connectivity index (χ4n) is 2.45. The van der Waals surface area contributed by atoms with Gasteiger partial charge in [0.1, 0.15) is 23.2 Å². The minimum absolute atomic E-state index is 0.180. The Labute approximate surface area is 174 Å². The predicted octanol–water partition coefficient (Wildman–Crippen LogP) is 5.71. The third-order valence-corrected chi connectivity index (χ3v) is 4.34. The molecule has 3 aromatic rings. The molecule has 0 aliphatic rings. The van der Waals surface area contributed by atoms with Gasteiger partial charge < -0.3 is 9.73 Å². The fourth-order valence-corrected chi connectivity index (χ4v) is 2.95. The molecule has 3 rings (SSSR count). The van der Waals surface area contributed by atoms with Crippen molar-refractivity contribution in [2.75, 3.05) is 5.32 Å². The molecule has 0 aliphatic carbocycles. The van der Waals surface area contributed by atoms with Crippen molar-refractivity contribution in [3.8, 4) is 17.4 Å². The normalized spacial score (nSPS) is 11.0. The van der Waals surface area contributed by atoms with Crippen molar-refractivity contribution in [3.63, 3.8) is 0 Å². The molecule has 0 unspecified atom stereocenters. The number of nitro benzene ring substituents is 1. The molecule has 1 heterocycles. The number of hydrogen-bond acceptors (Lipinski definition) is 5. The summed E-state index contributed by atoms with van der Waals surface area (Å²) < 4.78 is 5.65. The summed E-state index contributed by atoms with van der Waals surface area (Å²) in [5.74, 6) is -0.0264. The molecule has 7 nitrogen and oxygen atoms in total. The van der Waals surface area contributed by atoms with E-state index in [4.69, 9.17) is 27.6 Å². The van der Waals surface area contributed by atoms with E-state index in [1.807, 2.05) is 0 Å². The van der Waals surface area contributed by atoms with E-state index in [2.05, 4.69) is 5.32 Å². The van der Waals surface area contributed by atoms with Gasteiger partial charge in [0.2, 0.25) is 0 Å². The molecule has 0 fully saturated rings. The van der Waals surface area contributed by atoms with Crippen molar-refractivity contribution < 1.29 is 14.1 Å². The van der Waals surface area contributed by atoms with Crippen LogP contribution in [0, 0.1) is 21.4 Å². The zero-order valence-corrected chi connectivity index (χ0v) is 16.1. The van der Waals surface area contributed by atoms with E-state index in [0.29, 0.717) is 21.4 Å². The number of nitro groups is 1. The Morgan fingerprint density at radius 1 is 1.17 bits per heavy atom. The van der Waals surface area contributed by atoms with Gasteiger partial charge in [0, 0.05) is 34.5 Å². The summed E-state index contributed by atoms with van der Waals surface area (Å²) in [6.45, 7) is 0. The van der Waals surface area contributed by atoms with Gasteiger partial charge in [0.25, 0.3) is 11.6 Å². The number of nitriles is 1. The molecule has 0 atom stereocenters. The van der Waals surface area contributed by atoms with Crippen LogP contribution in [0.15, 0.2) is 64.6 Å². The lowest BCUT2D eigenvalue weighted by molar-refractivity contribution is -0.384. The fraction of sp³-hybridized carbons (Fsp3) is 0. The molecule has 29 heavy (non-hydrogen) atoms. The number of anilines is 1. The van der Waals surface area contributed by atoms with Crippen LogP contribution in [-0.4, -0.2) is 10.8 Å². The zero-order valence-electron chi connectivity index (χ0n) is 14.6. The van der Waals surface area contributed by atoms with Crippen LogP contribution in [-0.2, 0) is 4.79 Å². The highest BCUT2D eigenvalue weighted by Gasteiger charge is 2.14. The highest BCUT2D eigenvalue weighted by atomic mass is 35.5. The number of nitrogens with one attached hydrogen (secondary N) is 1. The molecule has 2 aromatic carbocycles. The van der Waals surface area contributed by atoms with E-state index >= 15 is 0 Å². The molecule has 0 radical (unpaired) electrons. The number of carbonyl (C=O) groups excluding carboxylic acids is 1. The van der Waals surface area contributed by atoms with Gasteiger partial charge >= 0.3 is 0 Å². The predicted molar refractivity (Wildman–Crippen MR) is 109 cm³/mol. The van der Waals surface area contributed by atoms with E-state index in [9.17, 15) is 20.2 Å². The average molecular weight is 428 g/mol. The van der Waals surface area contributed by atoms with Crippen molar-refractivity contribution in [1.29, 1.82) is 5.26 Å². The summed E-state index contributed by atoms with van der Waals surface area (Å²) in [5.41, 5.74) is 0.383. The Bertz CT molecular complexity index is 1180. The summed E-state index contributed by atoms with van der Waals surface area (Å²) in [4.78, 5) is 22.6. The number of nitrogens with zero attached hydrogens (tertiary/aromatic N) is 2. The molecule has 144 valence electrons. The number of amides is 1. The van der Waals surface area contributed by atoms with Gasteiger partial charge in [0.05, 0.1) is 9.95 Å². The van der Waals surface area contributed by atoms with Crippen molar-refractivity contribution in [2.24, 2.45) is 0 Å². The number of carbonyl (C=O) groups is 1. The lowest BCUT2D eigenvalue weighted by Crippen LogP contribution is -2.13. The first-order valence-electron chi connectivity index (χ1n) is 8.10. The highest BCUT2D eigenvalue weighted by Crippen LogP contribution is 2.32. The van der Waals surface area contributed by atoms with Gasteiger partial charge in [-0.25, -0.2) is 0 Å². The van der Waals surface area contributed by atoms with Crippen LogP contribution in [0.2, 0.25) is 10.0 Å². The van der Waals surface area contributed by atoms with E-state index < -0.39 is 10.8 Å². The number of halogens is 2. The molecule has 0 bridgehead atoms. The summed E-state index contributed by atoms with van der Waals surface area (Å²) in [7, 11) is 0. The Morgan fingerprint density at radius 2 is 1.97 bits per heavy atom. The quantitative estimate of drug-likeness (QED) is 0.242. The monoisotopic (exact) mass is 427 g/mol. The van der Waals surface area contributed by atoms with Crippen molar-refractivity contribution in [3.05, 3.63) is 86.1 Å². The van der Waals surface area contributed by atoms with Crippen molar-refractivity contribution in [2.45, 2.75) is 0 Å². The van der Waals surface area contributed by atoms with Crippen molar-refractivity contribution in [1.82, 2.24) is 0 Å². The van der Waals surface area contributed by atoms with Gasteiger partial charge in [-0.15, -0.1) is 0 Å². The number of hydrogen-bond donors (Lipinski definition) is 1. The van der Waals surface area contributed by atoms with Crippen LogP contribution < -0.4 is 5.32 Å². The Hall–Kier alpha value is -3.60. The van der Waals surface area contributed by atoms with Gasteiger partial charge in [-0.2, -0.15) is 5.26 Å². The summed E-state index contributed by atoms with van der Waals surface area (Å²) in [6.07, 6.45) is 1.26. The van der Waals surface area contributed by atoms with E-state index in [-0.39, 0.29) is 22.7 Å². The Morgan fingerprint density at radius 3 is 2.66 bits per heavy atom. The van der Waals surface area contributed by atoms with Gasteiger partial charge in [-0.3, -0.25) is 14.9 Å². The van der Waals surface area contributed by atoms with Crippen LogP contribution in [0.25, 0.3) is 17.4 Å². The lowest BCUT2D eigenvalue weighted by Gasteiger charge is -2.04. The van der Waals surface area contributed by atoms with Crippen LogP contribution in [0.4, 0.5) is 11.4 Å². The maximum atomic E-state index is 12.3. The Kier molecular flexibility index (Phi) is 5.98. The highest BCUT2D eigenvalue weighted by molar-refractivity contribution is 6.36. The number of furan rings is 1. The molecule has 1 aromatic heterocycles. The first kappa shape index (κ1) is 20.1. The molecule has 9 heteroatoms. The molecule has 0 aliphatic heterocycles. The van der Waals surface area contributed by atoms with Crippen LogP contribution in [0.3, 0.4) is 0 Å². The largest absolute Gasteiger partial charge is 0.457 e. The van der Waals surface area contributed by atoms with Gasteiger partial charge in [-0.05, 0) is 36.4 Å². The topological polar surface area (TPSA) is 109 Å². The zero-order chi connectivity index (χ0) is 21.0. The maximum Gasteiger partial charge on any atom is 0.271 e. The summed E-state index contributed by atoms with van der Waals surface area (Å²) in [5, 5.41) is 23.5. The van der Waals surface area contributed by atoms with E-state index in [1.54, 1.807) is 36.4 Å². The number of rotatable bonds is 5. The SMILES string of the molecule is N#CC(=Cc1ccc(-c2ccc(Cl)cc2Cl)o1)C(=O)Nc1cccc([N+](=O)[O-])c1.